The molecular formula is C14H12ClFN2O. The Morgan fingerprint density at radius 2 is 2.32 bits per heavy atom. The van der Waals surface area contributed by atoms with Crippen LogP contribution in [0.2, 0.25) is 0 Å². The lowest BCUT2D eigenvalue weighted by atomic mass is 10.2. The lowest BCUT2D eigenvalue weighted by Crippen LogP contribution is -1.97. The van der Waals surface area contributed by atoms with Crippen molar-refractivity contribution in [2.24, 2.45) is 7.05 Å². The van der Waals surface area contributed by atoms with E-state index in [4.69, 9.17) is 16.3 Å². The van der Waals surface area contributed by atoms with Gasteiger partial charge < -0.3 is 4.74 Å². The van der Waals surface area contributed by atoms with Crippen LogP contribution in [0.25, 0.3) is 0 Å². The van der Waals surface area contributed by atoms with Gasteiger partial charge in [-0.25, -0.2) is 4.39 Å². The highest BCUT2D eigenvalue weighted by atomic mass is 35.5. The molecule has 5 heteroatoms. The van der Waals surface area contributed by atoms with E-state index in [1.165, 1.54) is 12.1 Å². The second kappa shape index (κ2) is 6.26. The van der Waals surface area contributed by atoms with Crippen molar-refractivity contribution in [3.05, 3.63) is 47.5 Å². The highest BCUT2D eigenvalue weighted by Crippen LogP contribution is 2.20. The summed E-state index contributed by atoms with van der Waals surface area (Å²) in [6, 6.07) is 4.23. The third kappa shape index (κ3) is 3.73. The van der Waals surface area contributed by atoms with E-state index >= 15 is 0 Å². The van der Waals surface area contributed by atoms with Gasteiger partial charge in [-0.15, -0.1) is 11.6 Å². The molecule has 1 aromatic carbocycles. The van der Waals surface area contributed by atoms with Crippen molar-refractivity contribution >= 4 is 11.6 Å². The second-order valence-corrected chi connectivity index (χ2v) is 4.15. The van der Waals surface area contributed by atoms with E-state index in [1.54, 1.807) is 16.9 Å². The van der Waals surface area contributed by atoms with Gasteiger partial charge in [-0.2, -0.15) is 5.10 Å². The van der Waals surface area contributed by atoms with Crippen LogP contribution in [-0.2, 0) is 13.7 Å². The topological polar surface area (TPSA) is 27.1 Å². The zero-order valence-corrected chi connectivity index (χ0v) is 11.1. The summed E-state index contributed by atoms with van der Waals surface area (Å²) in [4.78, 5) is 0. The fourth-order valence-electron chi connectivity index (χ4n) is 1.55. The number of benzene rings is 1. The van der Waals surface area contributed by atoms with Crippen LogP contribution in [0.5, 0.6) is 5.75 Å². The van der Waals surface area contributed by atoms with Crippen LogP contribution in [-0.4, -0.2) is 15.7 Å². The molecule has 1 aromatic heterocycles. The minimum Gasteiger partial charge on any atom is -0.487 e. The quantitative estimate of drug-likeness (QED) is 0.638. The number of rotatable bonds is 3. The highest BCUT2D eigenvalue weighted by molar-refractivity contribution is 6.19. The maximum Gasteiger partial charge on any atom is 0.138 e. The molecular weight excluding hydrogens is 267 g/mol. The summed E-state index contributed by atoms with van der Waals surface area (Å²) in [5.74, 6) is 5.82. The van der Waals surface area contributed by atoms with Gasteiger partial charge in [0.15, 0.2) is 0 Å². The monoisotopic (exact) mass is 278 g/mol. The molecule has 0 aliphatic carbocycles. The van der Waals surface area contributed by atoms with Crippen LogP contribution in [0.3, 0.4) is 0 Å². The first kappa shape index (κ1) is 13.4. The van der Waals surface area contributed by atoms with E-state index in [2.05, 4.69) is 16.9 Å². The van der Waals surface area contributed by atoms with E-state index < -0.39 is 0 Å². The molecule has 0 atom stereocenters. The molecule has 2 aromatic rings. The second-order valence-electron chi connectivity index (χ2n) is 3.89. The summed E-state index contributed by atoms with van der Waals surface area (Å²) in [6.07, 6.45) is 3.53. The number of nitrogens with zero attached hydrogens (tertiary/aromatic N) is 2. The molecule has 0 aliphatic rings. The number of hydrogen-bond acceptors (Lipinski definition) is 2. The number of aromatic nitrogens is 2. The summed E-state index contributed by atoms with van der Waals surface area (Å²) in [5, 5.41) is 4.04. The fourth-order valence-corrected chi connectivity index (χ4v) is 1.62. The molecule has 0 N–H and O–H groups in total. The van der Waals surface area contributed by atoms with E-state index in [-0.39, 0.29) is 11.7 Å². The smallest absolute Gasteiger partial charge is 0.138 e. The van der Waals surface area contributed by atoms with Crippen molar-refractivity contribution in [3.63, 3.8) is 0 Å². The van der Waals surface area contributed by atoms with Crippen LogP contribution in [0, 0.1) is 17.7 Å². The van der Waals surface area contributed by atoms with Crippen molar-refractivity contribution in [2.45, 2.75) is 6.61 Å². The number of ether oxygens (including phenoxy) is 1. The lowest BCUT2D eigenvalue weighted by Gasteiger charge is -2.07. The van der Waals surface area contributed by atoms with E-state index in [9.17, 15) is 4.39 Å². The third-order valence-electron chi connectivity index (χ3n) is 2.39. The third-order valence-corrected chi connectivity index (χ3v) is 2.52. The van der Waals surface area contributed by atoms with Crippen LogP contribution < -0.4 is 4.74 Å². The van der Waals surface area contributed by atoms with E-state index in [1.807, 2.05) is 13.2 Å². The van der Waals surface area contributed by atoms with Gasteiger partial charge in [0.2, 0.25) is 0 Å². The molecule has 98 valence electrons. The molecule has 1 heterocycles. The van der Waals surface area contributed by atoms with Crippen LogP contribution in [0.15, 0.2) is 30.6 Å². The first-order valence-electron chi connectivity index (χ1n) is 5.64. The molecule has 0 saturated heterocycles. The van der Waals surface area contributed by atoms with Gasteiger partial charge >= 0.3 is 0 Å². The molecule has 19 heavy (non-hydrogen) atoms. The number of aryl methyl sites for hydroxylation is 1. The molecule has 0 amide bonds. The molecule has 3 nitrogen and oxygen atoms in total. The van der Waals surface area contributed by atoms with Gasteiger partial charge in [-0.1, -0.05) is 11.8 Å². The molecule has 0 fully saturated rings. The Morgan fingerprint density at radius 1 is 1.47 bits per heavy atom. The molecule has 0 spiro atoms. The van der Waals surface area contributed by atoms with Gasteiger partial charge in [0, 0.05) is 24.9 Å². The SMILES string of the molecule is Cn1cc(COc2cc(F)ccc2C#CCCl)cn1. The van der Waals surface area contributed by atoms with Gasteiger partial charge in [0.05, 0.1) is 17.6 Å². The summed E-state index contributed by atoms with van der Waals surface area (Å²) in [7, 11) is 1.82. The molecule has 2 rings (SSSR count). The minimum absolute atomic E-state index is 0.222. The van der Waals surface area contributed by atoms with Crippen LogP contribution in [0.1, 0.15) is 11.1 Å². The van der Waals surface area contributed by atoms with Gasteiger partial charge in [0.25, 0.3) is 0 Å². The van der Waals surface area contributed by atoms with Gasteiger partial charge in [-0.05, 0) is 12.1 Å². The predicted molar refractivity (Wildman–Crippen MR) is 71.5 cm³/mol. The lowest BCUT2D eigenvalue weighted by molar-refractivity contribution is 0.303. The number of halogens is 2. The molecule has 0 radical (unpaired) electrons. The van der Waals surface area contributed by atoms with Crippen LogP contribution in [0.4, 0.5) is 4.39 Å². The minimum atomic E-state index is -0.363. The van der Waals surface area contributed by atoms with Crippen molar-refractivity contribution in [3.8, 4) is 17.6 Å². The Morgan fingerprint density at radius 3 is 3.00 bits per heavy atom. The molecule has 0 bridgehead atoms. The average molecular weight is 279 g/mol. The summed E-state index contributed by atoms with van der Waals surface area (Å²) < 4.78 is 20.5. The normalized spacial score (nSPS) is 9.84. The standard InChI is InChI=1S/C14H12ClFN2O/c1-18-9-11(8-17-18)10-19-14-7-13(16)5-4-12(14)3-2-6-15/h4-5,7-9H,6,10H2,1H3. The van der Waals surface area contributed by atoms with Gasteiger partial charge in [0.1, 0.15) is 18.2 Å². The zero-order chi connectivity index (χ0) is 13.7. The summed E-state index contributed by atoms with van der Waals surface area (Å²) in [6.45, 7) is 0.312. The maximum absolute atomic E-state index is 13.2. The maximum atomic E-state index is 13.2. The van der Waals surface area contributed by atoms with Crippen molar-refractivity contribution in [1.82, 2.24) is 9.78 Å². The Balaban J connectivity index is 2.16. The molecule has 0 unspecified atom stereocenters. The fraction of sp³-hybridized carbons (Fsp3) is 0.214. The number of hydrogen-bond donors (Lipinski definition) is 0. The van der Waals surface area contributed by atoms with Crippen LogP contribution >= 0.6 is 11.6 Å². The Labute approximate surface area is 116 Å². The summed E-state index contributed by atoms with van der Waals surface area (Å²) >= 11 is 5.51. The Kier molecular flexibility index (Phi) is 4.43. The van der Waals surface area contributed by atoms with Crippen molar-refractivity contribution < 1.29 is 9.13 Å². The number of alkyl halides is 1. The average Bonchev–Trinajstić information content (AvgIpc) is 2.81. The Bertz CT molecular complexity index is 628. The van der Waals surface area contributed by atoms with E-state index in [0.717, 1.165) is 5.56 Å². The highest BCUT2D eigenvalue weighted by Gasteiger charge is 2.05. The summed E-state index contributed by atoms with van der Waals surface area (Å²) in [5.41, 5.74) is 1.52. The molecule has 0 aliphatic heterocycles. The van der Waals surface area contributed by atoms with Gasteiger partial charge in [-0.3, -0.25) is 4.68 Å². The van der Waals surface area contributed by atoms with Crippen molar-refractivity contribution in [2.75, 3.05) is 5.88 Å². The first-order chi connectivity index (χ1) is 9.19. The molecule has 0 saturated carbocycles. The Hall–Kier alpha value is -1.99. The van der Waals surface area contributed by atoms with Crippen molar-refractivity contribution in [1.29, 1.82) is 0 Å². The zero-order valence-electron chi connectivity index (χ0n) is 10.4. The largest absolute Gasteiger partial charge is 0.487 e. The first-order valence-corrected chi connectivity index (χ1v) is 6.17. The predicted octanol–water partition coefficient (Wildman–Crippen LogP) is 2.73. The van der Waals surface area contributed by atoms with E-state index in [0.29, 0.717) is 17.9 Å².